The van der Waals surface area contributed by atoms with Crippen LogP contribution in [-0.2, 0) is 26.2 Å². The molecule has 3 aromatic rings. The predicted octanol–water partition coefficient (Wildman–Crippen LogP) is 5.87. The molecule has 2 amide bonds. The summed E-state index contributed by atoms with van der Waals surface area (Å²) < 4.78 is 29.1. The zero-order valence-corrected chi connectivity index (χ0v) is 25.3. The fourth-order valence-corrected chi connectivity index (χ4v) is 6.00. The van der Waals surface area contributed by atoms with Gasteiger partial charge in [-0.3, -0.25) is 13.9 Å². The van der Waals surface area contributed by atoms with E-state index in [1.54, 1.807) is 37.3 Å². The van der Waals surface area contributed by atoms with E-state index in [1.807, 2.05) is 58.0 Å². The van der Waals surface area contributed by atoms with Crippen LogP contribution in [0.4, 0.5) is 5.69 Å². The van der Waals surface area contributed by atoms with Gasteiger partial charge in [0.15, 0.2) is 0 Å². The number of nitrogens with zero attached hydrogens (tertiary/aromatic N) is 2. The van der Waals surface area contributed by atoms with Crippen LogP contribution in [0.15, 0.2) is 77.7 Å². The molecular weight excluding hydrogens is 546 g/mol. The molecule has 214 valence electrons. The first-order valence-corrected chi connectivity index (χ1v) is 15.3. The van der Waals surface area contributed by atoms with Crippen LogP contribution < -0.4 is 9.62 Å². The Morgan fingerprint density at radius 2 is 1.55 bits per heavy atom. The number of hydrogen-bond donors (Lipinski definition) is 1. The standard InChI is InChI=1S/C31H38ClN3O4S/c1-6-23(4)33-31(37)28(7-2)34(20-25-12-9-8-10-13-25)30(36)21-35(29-15-11-14-27(32)24(29)5)40(38,39)26-18-16-22(3)17-19-26/h8-19,23,28H,6-7,20-21H2,1-5H3,(H,33,37)/t23-,28-/m1/s1. The maximum atomic E-state index is 14.1. The number of carbonyl (C=O) groups excluding carboxylic acids is 2. The van der Waals surface area contributed by atoms with Crippen LogP contribution in [0.1, 0.15) is 50.3 Å². The minimum Gasteiger partial charge on any atom is -0.352 e. The Balaban J connectivity index is 2.09. The molecule has 0 saturated heterocycles. The van der Waals surface area contributed by atoms with E-state index in [0.717, 1.165) is 21.9 Å². The number of anilines is 1. The molecule has 0 heterocycles. The van der Waals surface area contributed by atoms with Gasteiger partial charge in [0.05, 0.1) is 10.6 Å². The van der Waals surface area contributed by atoms with Crippen LogP contribution in [0.2, 0.25) is 5.02 Å². The average Bonchev–Trinajstić information content (AvgIpc) is 2.93. The third kappa shape index (κ3) is 7.43. The van der Waals surface area contributed by atoms with Gasteiger partial charge < -0.3 is 10.2 Å². The van der Waals surface area contributed by atoms with Crippen molar-refractivity contribution in [1.82, 2.24) is 10.2 Å². The number of hydrogen-bond acceptors (Lipinski definition) is 4. The van der Waals surface area contributed by atoms with Gasteiger partial charge in [0.2, 0.25) is 11.8 Å². The first-order valence-electron chi connectivity index (χ1n) is 13.5. The molecule has 0 aliphatic heterocycles. The molecule has 0 aliphatic rings. The SMILES string of the molecule is CC[C@@H](C)NC(=O)[C@@H](CC)N(Cc1ccccc1)C(=O)CN(c1cccc(Cl)c1C)S(=O)(=O)c1ccc(C)cc1. The van der Waals surface area contributed by atoms with Gasteiger partial charge in [0, 0.05) is 17.6 Å². The lowest BCUT2D eigenvalue weighted by Gasteiger charge is -2.34. The second-order valence-electron chi connectivity index (χ2n) is 9.96. The molecule has 3 rings (SSSR count). The van der Waals surface area contributed by atoms with Gasteiger partial charge in [-0.25, -0.2) is 8.42 Å². The molecule has 0 saturated carbocycles. The molecule has 3 aromatic carbocycles. The Labute approximate surface area is 243 Å². The van der Waals surface area contributed by atoms with E-state index < -0.39 is 28.5 Å². The van der Waals surface area contributed by atoms with Crippen molar-refractivity contribution in [3.8, 4) is 0 Å². The highest BCUT2D eigenvalue weighted by atomic mass is 35.5. The second kappa shape index (κ2) is 13.8. The van der Waals surface area contributed by atoms with Crippen molar-refractivity contribution in [3.05, 3.63) is 94.5 Å². The quantitative estimate of drug-likeness (QED) is 0.289. The van der Waals surface area contributed by atoms with Gasteiger partial charge in [-0.2, -0.15) is 0 Å². The molecule has 2 atom stereocenters. The maximum absolute atomic E-state index is 14.1. The van der Waals surface area contributed by atoms with Gasteiger partial charge in [-0.15, -0.1) is 0 Å². The third-order valence-electron chi connectivity index (χ3n) is 6.98. The summed E-state index contributed by atoms with van der Waals surface area (Å²) in [5.74, 6) is -0.766. The molecule has 0 bridgehead atoms. The summed E-state index contributed by atoms with van der Waals surface area (Å²) in [6.45, 7) is 8.96. The van der Waals surface area contributed by atoms with Crippen molar-refractivity contribution < 1.29 is 18.0 Å². The van der Waals surface area contributed by atoms with E-state index in [2.05, 4.69) is 5.32 Å². The number of carbonyl (C=O) groups is 2. The summed E-state index contributed by atoms with van der Waals surface area (Å²) in [7, 11) is -4.16. The van der Waals surface area contributed by atoms with Crippen molar-refractivity contribution in [1.29, 1.82) is 0 Å². The van der Waals surface area contributed by atoms with Crippen LogP contribution in [0.5, 0.6) is 0 Å². The Hall–Kier alpha value is -3.36. The molecule has 0 aliphatic carbocycles. The first-order chi connectivity index (χ1) is 19.0. The summed E-state index contributed by atoms with van der Waals surface area (Å²) in [6, 6.07) is 19.9. The first kappa shape index (κ1) is 31.2. The summed E-state index contributed by atoms with van der Waals surface area (Å²) in [4.78, 5) is 29.0. The Bertz CT molecular complexity index is 1410. The Kier molecular flexibility index (Phi) is 10.8. The van der Waals surface area contributed by atoms with Crippen molar-refractivity contribution in [2.45, 2.75) is 71.0 Å². The van der Waals surface area contributed by atoms with Gasteiger partial charge in [-0.05, 0) is 69.0 Å². The topological polar surface area (TPSA) is 86.8 Å². The van der Waals surface area contributed by atoms with Crippen molar-refractivity contribution in [3.63, 3.8) is 0 Å². The van der Waals surface area contributed by atoms with E-state index in [1.165, 1.54) is 17.0 Å². The zero-order chi connectivity index (χ0) is 29.4. The highest BCUT2D eigenvalue weighted by Crippen LogP contribution is 2.31. The minimum atomic E-state index is -4.16. The number of rotatable bonds is 12. The molecule has 1 N–H and O–H groups in total. The summed E-state index contributed by atoms with van der Waals surface area (Å²) >= 11 is 6.39. The molecule has 9 heteroatoms. The molecule has 0 spiro atoms. The molecule has 7 nitrogen and oxygen atoms in total. The van der Waals surface area contributed by atoms with E-state index in [0.29, 0.717) is 22.7 Å². The minimum absolute atomic E-state index is 0.0569. The van der Waals surface area contributed by atoms with Crippen LogP contribution in [0, 0.1) is 13.8 Å². The van der Waals surface area contributed by atoms with Crippen molar-refractivity contribution in [2.75, 3.05) is 10.8 Å². The summed E-state index contributed by atoms with van der Waals surface area (Å²) in [5.41, 5.74) is 2.58. The van der Waals surface area contributed by atoms with Gasteiger partial charge >= 0.3 is 0 Å². The zero-order valence-electron chi connectivity index (χ0n) is 23.7. The number of sulfonamides is 1. The fraction of sp³-hybridized carbons (Fsp3) is 0.355. The van der Waals surface area contributed by atoms with E-state index in [-0.39, 0.29) is 23.4 Å². The average molecular weight is 584 g/mol. The molecule has 40 heavy (non-hydrogen) atoms. The number of nitrogens with one attached hydrogen (secondary N) is 1. The molecule has 0 unspecified atom stereocenters. The Morgan fingerprint density at radius 1 is 0.900 bits per heavy atom. The van der Waals surface area contributed by atoms with Crippen molar-refractivity contribution >= 4 is 39.1 Å². The fourth-order valence-electron chi connectivity index (χ4n) is 4.36. The molecule has 0 fully saturated rings. The largest absolute Gasteiger partial charge is 0.352 e. The number of amides is 2. The molecule has 0 radical (unpaired) electrons. The lowest BCUT2D eigenvalue weighted by molar-refractivity contribution is -0.140. The van der Waals surface area contributed by atoms with E-state index in [9.17, 15) is 18.0 Å². The van der Waals surface area contributed by atoms with E-state index in [4.69, 9.17) is 11.6 Å². The van der Waals surface area contributed by atoms with Gasteiger partial charge in [0.25, 0.3) is 10.0 Å². The lowest BCUT2D eigenvalue weighted by atomic mass is 10.1. The van der Waals surface area contributed by atoms with Gasteiger partial charge in [-0.1, -0.05) is 79.5 Å². The highest BCUT2D eigenvalue weighted by Gasteiger charge is 2.34. The van der Waals surface area contributed by atoms with Gasteiger partial charge in [0.1, 0.15) is 12.6 Å². The van der Waals surface area contributed by atoms with Crippen molar-refractivity contribution in [2.24, 2.45) is 0 Å². The normalized spacial score (nSPS) is 12.8. The monoisotopic (exact) mass is 583 g/mol. The maximum Gasteiger partial charge on any atom is 0.264 e. The predicted molar refractivity (Wildman–Crippen MR) is 161 cm³/mol. The summed E-state index contributed by atoms with van der Waals surface area (Å²) in [5, 5.41) is 3.37. The number of aryl methyl sites for hydroxylation is 1. The lowest BCUT2D eigenvalue weighted by Crippen LogP contribution is -2.53. The van der Waals surface area contributed by atoms with Crippen LogP contribution in [-0.4, -0.2) is 43.8 Å². The second-order valence-corrected chi connectivity index (χ2v) is 12.2. The highest BCUT2D eigenvalue weighted by molar-refractivity contribution is 7.92. The number of halogens is 1. The van der Waals surface area contributed by atoms with Crippen LogP contribution in [0.3, 0.4) is 0 Å². The molecule has 0 aromatic heterocycles. The third-order valence-corrected chi connectivity index (χ3v) is 9.16. The van der Waals surface area contributed by atoms with E-state index >= 15 is 0 Å². The van der Waals surface area contributed by atoms with Crippen LogP contribution in [0.25, 0.3) is 0 Å². The van der Waals surface area contributed by atoms with Crippen LogP contribution >= 0.6 is 11.6 Å². The molecular formula is C31H38ClN3O4S. The smallest absolute Gasteiger partial charge is 0.264 e. The Morgan fingerprint density at radius 3 is 2.15 bits per heavy atom. The summed E-state index contributed by atoms with van der Waals surface area (Å²) in [6.07, 6.45) is 1.10. The number of benzene rings is 3.